The van der Waals surface area contributed by atoms with Gasteiger partial charge in [-0.25, -0.2) is 4.39 Å². The van der Waals surface area contributed by atoms with E-state index in [0.29, 0.717) is 22.3 Å². The Morgan fingerprint density at radius 2 is 1.88 bits per heavy atom. The SMILES string of the molecule is O=C(COc1ccc(Cl)cc1Cl)N(Cc1ccc(F)cc1)C1CC1. The summed E-state index contributed by atoms with van der Waals surface area (Å²) >= 11 is 11.9. The standard InChI is InChI=1S/C18H16Cl2FNO2/c19-13-3-8-17(16(20)9-13)24-11-18(23)22(15-6-7-15)10-12-1-4-14(21)5-2-12/h1-5,8-9,15H,6-7,10-11H2. The molecule has 1 aliphatic carbocycles. The Bertz CT molecular complexity index is 732. The van der Waals surface area contributed by atoms with Crippen LogP contribution in [0.2, 0.25) is 10.0 Å². The molecule has 0 aromatic heterocycles. The molecular formula is C18H16Cl2FNO2. The smallest absolute Gasteiger partial charge is 0.261 e. The molecule has 126 valence electrons. The van der Waals surface area contributed by atoms with Gasteiger partial charge in [0.25, 0.3) is 5.91 Å². The molecular weight excluding hydrogens is 352 g/mol. The minimum Gasteiger partial charge on any atom is -0.482 e. The monoisotopic (exact) mass is 367 g/mol. The molecule has 0 atom stereocenters. The van der Waals surface area contributed by atoms with E-state index in [4.69, 9.17) is 27.9 Å². The third kappa shape index (κ3) is 4.40. The van der Waals surface area contributed by atoms with Gasteiger partial charge in [0.15, 0.2) is 6.61 Å². The van der Waals surface area contributed by atoms with E-state index in [0.717, 1.165) is 18.4 Å². The van der Waals surface area contributed by atoms with Gasteiger partial charge in [-0.05, 0) is 48.7 Å². The Morgan fingerprint density at radius 1 is 1.17 bits per heavy atom. The van der Waals surface area contributed by atoms with Gasteiger partial charge in [-0.2, -0.15) is 0 Å². The zero-order valence-corrected chi connectivity index (χ0v) is 14.4. The molecule has 0 saturated heterocycles. The van der Waals surface area contributed by atoms with E-state index < -0.39 is 0 Å². The molecule has 6 heteroatoms. The lowest BCUT2D eigenvalue weighted by molar-refractivity contribution is -0.134. The molecule has 3 nitrogen and oxygen atoms in total. The fourth-order valence-electron chi connectivity index (χ4n) is 2.41. The minimum absolute atomic E-state index is 0.0982. The fourth-order valence-corrected chi connectivity index (χ4v) is 2.87. The topological polar surface area (TPSA) is 29.5 Å². The van der Waals surface area contributed by atoms with E-state index in [-0.39, 0.29) is 24.4 Å². The summed E-state index contributed by atoms with van der Waals surface area (Å²) in [7, 11) is 0. The van der Waals surface area contributed by atoms with Gasteiger partial charge >= 0.3 is 0 Å². The normalized spacial score (nSPS) is 13.6. The van der Waals surface area contributed by atoms with E-state index in [1.165, 1.54) is 12.1 Å². The summed E-state index contributed by atoms with van der Waals surface area (Å²) in [6.07, 6.45) is 1.96. The van der Waals surface area contributed by atoms with Crippen molar-refractivity contribution in [1.29, 1.82) is 0 Å². The van der Waals surface area contributed by atoms with Crippen molar-refractivity contribution in [2.24, 2.45) is 0 Å². The second-order valence-corrected chi connectivity index (χ2v) is 6.59. The predicted octanol–water partition coefficient (Wildman–Crippen LogP) is 4.70. The van der Waals surface area contributed by atoms with Gasteiger partial charge in [-0.15, -0.1) is 0 Å². The van der Waals surface area contributed by atoms with Crippen LogP contribution in [0.1, 0.15) is 18.4 Å². The highest BCUT2D eigenvalue weighted by molar-refractivity contribution is 6.35. The van der Waals surface area contributed by atoms with Gasteiger partial charge in [0.1, 0.15) is 11.6 Å². The van der Waals surface area contributed by atoms with E-state index >= 15 is 0 Å². The second kappa shape index (κ2) is 7.41. The predicted molar refractivity (Wildman–Crippen MR) is 91.9 cm³/mol. The molecule has 0 radical (unpaired) electrons. The van der Waals surface area contributed by atoms with Crippen LogP contribution >= 0.6 is 23.2 Å². The quantitative estimate of drug-likeness (QED) is 0.740. The summed E-state index contributed by atoms with van der Waals surface area (Å²) in [5.74, 6) is 0.0172. The number of amides is 1. The molecule has 2 aromatic carbocycles. The van der Waals surface area contributed by atoms with Crippen molar-refractivity contribution in [3.8, 4) is 5.75 Å². The van der Waals surface area contributed by atoms with Crippen molar-refractivity contribution in [2.45, 2.75) is 25.4 Å². The average molecular weight is 368 g/mol. The largest absolute Gasteiger partial charge is 0.482 e. The summed E-state index contributed by atoms with van der Waals surface area (Å²) in [6, 6.07) is 11.3. The van der Waals surface area contributed by atoms with Crippen LogP contribution in [0.25, 0.3) is 0 Å². The highest BCUT2D eigenvalue weighted by Gasteiger charge is 2.32. The molecule has 0 spiro atoms. The lowest BCUT2D eigenvalue weighted by atomic mass is 10.2. The summed E-state index contributed by atoms with van der Waals surface area (Å²) in [5.41, 5.74) is 0.890. The van der Waals surface area contributed by atoms with Gasteiger partial charge in [0.05, 0.1) is 5.02 Å². The third-order valence-corrected chi connectivity index (χ3v) is 4.35. The van der Waals surface area contributed by atoms with E-state index in [1.54, 1.807) is 35.2 Å². The van der Waals surface area contributed by atoms with Crippen LogP contribution in [0.3, 0.4) is 0 Å². The van der Waals surface area contributed by atoms with Crippen molar-refractivity contribution >= 4 is 29.1 Å². The van der Waals surface area contributed by atoms with Crippen molar-refractivity contribution in [3.63, 3.8) is 0 Å². The lowest BCUT2D eigenvalue weighted by Gasteiger charge is -2.23. The fraction of sp³-hybridized carbons (Fsp3) is 0.278. The average Bonchev–Trinajstić information content (AvgIpc) is 3.38. The van der Waals surface area contributed by atoms with E-state index in [2.05, 4.69) is 0 Å². The van der Waals surface area contributed by atoms with Crippen LogP contribution in [0.5, 0.6) is 5.75 Å². The zero-order chi connectivity index (χ0) is 17.1. The Kier molecular flexibility index (Phi) is 5.27. The molecule has 3 rings (SSSR count). The van der Waals surface area contributed by atoms with Crippen LogP contribution in [-0.4, -0.2) is 23.5 Å². The molecule has 1 amide bonds. The van der Waals surface area contributed by atoms with Gasteiger partial charge in [0.2, 0.25) is 0 Å². The van der Waals surface area contributed by atoms with Crippen molar-refractivity contribution in [2.75, 3.05) is 6.61 Å². The molecule has 1 fully saturated rings. The van der Waals surface area contributed by atoms with Crippen LogP contribution in [-0.2, 0) is 11.3 Å². The number of nitrogens with zero attached hydrogens (tertiary/aromatic N) is 1. The van der Waals surface area contributed by atoms with Gasteiger partial charge in [-0.3, -0.25) is 4.79 Å². The first-order valence-corrected chi connectivity index (χ1v) is 8.40. The minimum atomic E-state index is -0.288. The molecule has 0 aliphatic heterocycles. The van der Waals surface area contributed by atoms with E-state index in [9.17, 15) is 9.18 Å². The summed E-state index contributed by atoms with van der Waals surface area (Å²) in [4.78, 5) is 14.3. The molecule has 0 unspecified atom stereocenters. The number of hydrogen-bond acceptors (Lipinski definition) is 2. The summed E-state index contributed by atoms with van der Waals surface area (Å²) in [5, 5.41) is 0.876. The summed E-state index contributed by atoms with van der Waals surface area (Å²) < 4.78 is 18.5. The van der Waals surface area contributed by atoms with Gasteiger partial charge in [0, 0.05) is 17.6 Å². The van der Waals surface area contributed by atoms with Crippen LogP contribution in [0.15, 0.2) is 42.5 Å². The van der Waals surface area contributed by atoms with Crippen molar-refractivity contribution in [3.05, 3.63) is 63.9 Å². The Labute approximate surface area is 149 Å². The lowest BCUT2D eigenvalue weighted by Crippen LogP contribution is -2.36. The number of carbonyl (C=O) groups is 1. The zero-order valence-electron chi connectivity index (χ0n) is 12.8. The maximum Gasteiger partial charge on any atom is 0.261 e. The highest BCUT2D eigenvalue weighted by Crippen LogP contribution is 2.30. The summed E-state index contributed by atoms with van der Waals surface area (Å²) in [6.45, 7) is 0.348. The number of rotatable bonds is 6. The van der Waals surface area contributed by atoms with Crippen LogP contribution in [0, 0.1) is 5.82 Å². The highest BCUT2D eigenvalue weighted by atomic mass is 35.5. The molecule has 2 aromatic rings. The molecule has 24 heavy (non-hydrogen) atoms. The molecule has 0 N–H and O–H groups in total. The van der Waals surface area contributed by atoms with Gasteiger partial charge in [-0.1, -0.05) is 35.3 Å². The van der Waals surface area contributed by atoms with Crippen LogP contribution < -0.4 is 4.74 Å². The van der Waals surface area contributed by atoms with Gasteiger partial charge < -0.3 is 9.64 Å². The Hall–Kier alpha value is -1.78. The maximum atomic E-state index is 13.0. The first-order valence-electron chi connectivity index (χ1n) is 7.64. The number of halogens is 3. The Balaban J connectivity index is 1.63. The number of ether oxygens (including phenoxy) is 1. The second-order valence-electron chi connectivity index (χ2n) is 5.74. The first kappa shape index (κ1) is 17.1. The number of carbonyl (C=O) groups excluding carboxylic acids is 1. The molecule has 0 heterocycles. The molecule has 0 bridgehead atoms. The van der Waals surface area contributed by atoms with Crippen molar-refractivity contribution in [1.82, 2.24) is 4.90 Å². The molecule has 1 saturated carbocycles. The van der Waals surface area contributed by atoms with Crippen LogP contribution in [0.4, 0.5) is 4.39 Å². The number of hydrogen-bond donors (Lipinski definition) is 0. The third-order valence-electron chi connectivity index (χ3n) is 3.82. The Morgan fingerprint density at radius 3 is 2.50 bits per heavy atom. The maximum absolute atomic E-state index is 13.0. The van der Waals surface area contributed by atoms with E-state index in [1.807, 2.05) is 0 Å². The number of benzene rings is 2. The van der Waals surface area contributed by atoms with Crippen molar-refractivity contribution < 1.29 is 13.9 Å². The first-order chi connectivity index (χ1) is 11.5. The molecule has 1 aliphatic rings.